The molecule has 0 radical (unpaired) electrons. The first kappa shape index (κ1) is 21.0. The van der Waals surface area contributed by atoms with E-state index in [0.29, 0.717) is 17.3 Å². The third-order valence-corrected chi connectivity index (χ3v) is 6.09. The van der Waals surface area contributed by atoms with Gasteiger partial charge in [0.05, 0.1) is 11.4 Å². The van der Waals surface area contributed by atoms with Gasteiger partial charge in [0, 0.05) is 12.0 Å². The average molecular weight is 412 g/mol. The number of hydrogen-bond acceptors (Lipinski definition) is 5. The molecule has 0 spiro atoms. The molecule has 5 nitrogen and oxygen atoms in total. The number of benzene rings is 2. The highest BCUT2D eigenvalue weighted by atomic mass is 32.2. The van der Waals surface area contributed by atoms with Crippen LogP contribution in [-0.2, 0) is 26.8 Å². The normalized spacial score (nSPS) is 11.6. The number of nitrogens with zero attached hydrogens (tertiary/aromatic N) is 1. The predicted molar refractivity (Wildman–Crippen MR) is 114 cm³/mol. The maximum atomic E-state index is 12.6. The first-order chi connectivity index (χ1) is 13.6. The van der Waals surface area contributed by atoms with E-state index in [1.165, 1.54) is 0 Å². The Hall–Kier alpha value is -2.73. The molecule has 0 aliphatic rings. The Kier molecular flexibility index (Phi) is 6.03. The summed E-state index contributed by atoms with van der Waals surface area (Å²) in [5.74, 6) is -0.311. The summed E-state index contributed by atoms with van der Waals surface area (Å²) in [6.45, 7) is 7.58. The Morgan fingerprint density at radius 1 is 0.931 bits per heavy atom. The summed E-state index contributed by atoms with van der Waals surface area (Å²) >= 11 is 0. The van der Waals surface area contributed by atoms with Gasteiger partial charge in [-0.1, -0.05) is 47.0 Å². The maximum Gasteiger partial charge on any atom is 0.226 e. The summed E-state index contributed by atoms with van der Waals surface area (Å²) in [6, 6.07) is 13.5. The number of hydrogen-bond donors (Lipinski definition) is 0. The summed E-state index contributed by atoms with van der Waals surface area (Å²) in [5.41, 5.74) is 5.19. The van der Waals surface area contributed by atoms with E-state index in [4.69, 9.17) is 4.42 Å². The number of aromatic nitrogens is 1. The van der Waals surface area contributed by atoms with Gasteiger partial charge in [-0.05, 0) is 45.4 Å². The molecule has 0 fully saturated rings. The summed E-state index contributed by atoms with van der Waals surface area (Å²) < 4.78 is 30.8. The van der Waals surface area contributed by atoms with E-state index < -0.39 is 15.6 Å². The highest BCUT2D eigenvalue weighted by molar-refractivity contribution is 7.91. The van der Waals surface area contributed by atoms with Gasteiger partial charge >= 0.3 is 0 Å². The minimum Gasteiger partial charge on any atom is -0.441 e. The SMILES string of the molecule is Cc1ccc(-c2nc(CS(=O)(=O)CC(=O)Cc3cc(C)cc(C)c3)c(C)o2)cc1. The lowest BCUT2D eigenvalue weighted by atomic mass is 10.0. The van der Waals surface area contributed by atoms with Crippen molar-refractivity contribution in [2.75, 3.05) is 5.75 Å². The minimum atomic E-state index is -3.64. The van der Waals surface area contributed by atoms with Crippen LogP contribution in [0.25, 0.3) is 11.5 Å². The van der Waals surface area contributed by atoms with Crippen LogP contribution in [0.2, 0.25) is 0 Å². The van der Waals surface area contributed by atoms with Gasteiger partial charge in [0.25, 0.3) is 0 Å². The lowest BCUT2D eigenvalue weighted by molar-refractivity contribution is -0.116. The molecule has 0 bridgehead atoms. The van der Waals surface area contributed by atoms with Crippen LogP contribution in [0.4, 0.5) is 0 Å². The fourth-order valence-electron chi connectivity index (χ4n) is 3.34. The van der Waals surface area contributed by atoms with Gasteiger partial charge in [0.15, 0.2) is 15.6 Å². The largest absolute Gasteiger partial charge is 0.441 e. The summed E-state index contributed by atoms with van der Waals surface area (Å²) in [7, 11) is -3.64. The number of carbonyl (C=O) groups excluding carboxylic acids is 1. The van der Waals surface area contributed by atoms with Crippen LogP contribution in [0.3, 0.4) is 0 Å². The van der Waals surface area contributed by atoms with Crippen LogP contribution in [0, 0.1) is 27.7 Å². The molecule has 0 atom stereocenters. The van der Waals surface area contributed by atoms with E-state index >= 15 is 0 Å². The molecule has 0 aliphatic carbocycles. The molecule has 3 aromatic rings. The van der Waals surface area contributed by atoms with Crippen molar-refractivity contribution in [1.82, 2.24) is 4.98 Å². The summed E-state index contributed by atoms with van der Waals surface area (Å²) in [5, 5.41) is 0. The molecule has 3 rings (SSSR count). The van der Waals surface area contributed by atoms with Gasteiger partial charge in [-0.25, -0.2) is 13.4 Å². The highest BCUT2D eigenvalue weighted by Crippen LogP contribution is 2.23. The molecule has 0 aliphatic heterocycles. The van der Waals surface area contributed by atoms with Gasteiger partial charge in [-0.2, -0.15) is 0 Å². The molecule has 6 heteroatoms. The number of sulfone groups is 1. The quantitative estimate of drug-likeness (QED) is 0.579. The Labute approximate surface area is 171 Å². The molecule has 29 heavy (non-hydrogen) atoms. The average Bonchev–Trinajstić information content (AvgIpc) is 2.93. The van der Waals surface area contributed by atoms with Crippen LogP contribution < -0.4 is 0 Å². The number of oxazole rings is 1. The fraction of sp³-hybridized carbons (Fsp3) is 0.304. The zero-order chi connectivity index (χ0) is 21.2. The van der Waals surface area contributed by atoms with E-state index in [2.05, 4.69) is 4.98 Å². The number of aryl methyl sites for hydroxylation is 4. The van der Waals surface area contributed by atoms with Crippen molar-refractivity contribution >= 4 is 15.6 Å². The van der Waals surface area contributed by atoms with Gasteiger partial charge in [-0.15, -0.1) is 0 Å². The second-order valence-corrected chi connectivity index (χ2v) is 9.70. The van der Waals surface area contributed by atoms with Crippen molar-refractivity contribution < 1.29 is 17.6 Å². The van der Waals surface area contributed by atoms with Gasteiger partial charge in [-0.3, -0.25) is 4.79 Å². The second kappa shape index (κ2) is 8.33. The topological polar surface area (TPSA) is 77.2 Å². The van der Waals surface area contributed by atoms with Crippen molar-refractivity contribution in [3.8, 4) is 11.5 Å². The van der Waals surface area contributed by atoms with Crippen molar-refractivity contribution in [2.45, 2.75) is 39.9 Å². The second-order valence-electron chi connectivity index (χ2n) is 7.63. The molecule has 152 valence electrons. The maximum absolute atomic E-state index is 12.6. The molecule has 0 N–H and O–H groups in total. The lowest BCUT2D eigenvalue weighted by Gasteiger charge is -2.05. The third-order valence-electron chi connectivity index (χ3n) is 4.61. The standard InChI is InChI=1S/C23H25NO4S/c1-15-5-7-20(8-6-15)23-24-22(18(4)28-23)14-29(26,27)13-21(25)12-19-10-16(2)9-17(3)11-19/h5-11H,12-14H2,1-4H3. The zero-order valence-electron chi connectivity index (χ0n) is 17.2. The van der Waals surface area contributed by atoms with E-state index in [1.54, 1.807) is 6.92 Å². The minimum absolute atomic E-state index is 0.105. The van der Waals surface area contributed by atoms with Gasteiger partial charge in [0.2, 0.25) is 5.89 Å². The van der Waals surface area contributed by atoms with Crippen LogP contribution in [-0.4, -0.2) is 24.9 Å². The Morgan fingerprint density at radius 3 is 2.17 bits per heavy atom. The van der Waals surface area contributed by atoms with Gasteiger partial charge in [0.1, 0.15) is 11.5 Å². The molecule has 1 aromatic heterocycles. The summed E-state index contributed by atoms with van der Waals surface area (Å²) in [4.78, 5) is 16.7. The highest BCUT2D eigenvalue weighted by Gasteiger charge is 2.22. The smallest absolute Gasteiger partial charge is 0.226 e. The van der Waals surface area contributed by atoms with E-state index in [0.717, 1.165) is 27.8 Å². The number of carbonyl (C=O) groups is 1. The molecule has 0 unspecified atom stereocenters. The molecule has 0 saturated carbocycles. The zero-order valence-corrected chi connectivity index (χ0v) is 18.0. The summed E-state index contributed by atoms with van der Waals surface area (Å²) in [6.07, 6.45) is 0.105. The van der Waals surface area contributed by atoms with Crippen LogP contribution in [0.1, 0.15) is 33.7 Å². The van der Waals surface area contributed by atoms with Crippen LogP contribution in [0.15, 0.2) is 46.9 Å². The van der Waals surface area contributed by atoms with Crippen molar-refractivity contribution in [3.05, 3.63) is 76.2 Å². The Balaban J connectivity index is 1.70. The molecule has 2 aromatic carbocycles. The van der Waals surface area contributed by atoms with E-state index in [1.807, 2.05) is 63.2 Å². The predicted octanol–water partition coefficient (Wildman–Crippen LogP) is 4.30. The van der Waals surface area contributed by atoms with E-state index in [-0.39, 0.29) is 18.0 Å². The monoisotopic (exact) mass is 411 g/mol. The fourth-order valence-corrected chi connectivity index (χ4v) is 4.72. The molecule has 1 heterocycles. The third kappa shape index (κ3) is 5.64. The van der Waals surface area contributed by atoms with Crippen molar-refractivity contribution in [2.24, 2.45) is 0 Å². The molecule has 0 saturated heterocycles. The Bertz CT molecular complexity index is 1120. The number of Topliss-reactive ketones (excluding diaryl/α,β-unsaturated/α-hetero) is 1. The molecule has 0 amide bonds. The lowest BCUT2D eigenvalue weighted by Crippen LogP contribution is -2.20. The van der Waals surface area contributed by atoms with Gasteiger partial charge < -0.3 is 4.42 Å². The number of ketones is 1. The number of rotatable bonds is 7. The van der Waals surface area contributed by atoms with Crippen molar-refractivity contribution in [3.63, 3.8) is 0 Å². The first-order valence-corrected chi connectivity index (χ1v) is 11.3. The van der Waals surface area contributed by atoms with Crippen LogP contribution in [0.5, 0.6) is 0 Å². The van der Waals surface area contributed by atoms with Crippen molar-refractivity contribution in [1.29, 1.82) is 0 Å². The molecular weight excluding hydrogens is 386 g/mol. The molecular formula is C23H25NO4S. The Morgan fingerprint density at radius 2 is 1.55 bits per heavy atom. The first-order valence-electron chi connectivity index (χ1n) is 9.44. The van der Waals surface area contributed by atoms with Crippen LogP contribution >= 0.6 is 0 Å². The van der Waals surface area contributed by atoms with E-state index in [9.17, 15) is 13.2 Å².